The number of anilines is 2. The number of nitrogens with one attached hydrogen (secondary N) is 2. The standard InChI is InChI=1S/C21H17F3N4O2S/c1-13(29)27-18-10-14(7-9-25-18)12-31-20-17(6-3-8-26-20)19(30)28-16-5-2-4-15(11-16)21(22,23)24/h2-11H,12H2,1H3,(H,28,30)(H,25,27,29). The van der Waals surface area contributed by atoms with Gasteiger partial charge in [-0.1, -0.05) is 6.07 Å². The molecule has 0 fully saturated rings. The third-order valence-corrected chi connectivity index (χ3v) is 5.04. The summed E-state index contributed by atoms with van der Waals surface area (Å²) in [6, 6.07) is 11.0. The number of pyridine rings is 2. The molecule has 6 nitrogen and oxygen atoms in total. The molecule has 0 bridgehead atoms. The van der Waals surface area contributed by atoms with Gasteiger partial charge in [0.1, 0.15) is 10.8 Å². The molecule has 0 aliphatic heterocycles. The van der Waals surface area contributed by atoms with E-state index in [-0.39, 0.29) is 17.2 Å². The van der Waals surface area contributed by atoms with Crippen molar-refractivity contribution in [2.75, 3.05) is 10.6 Å². The molecule has 0 atom stereocenters. The maximum Gasteiger partial charge on any atom is 0.416 e. The molecule has 10 heteroatoms. The molecule has 31 heavy (non-hydrogen) atoms. The van der Waals surface area contributed by atoms with Crippen molar-refractivity contribution >= 4 is 35.1 Å². The quantitative estimate of drug-likeness (QED) is 0.521. The number of amides is 2. The second-order valence-corrected chi connectivity index (χ2v) is 7.37. The minimum atomic E-state index is -4.50. The molecule has 0 aliphatic carbocycles. The molecular weight excluding hydrogens is 429 g/mol. The number of benzene rings is 1. The Balaban J connectivity index is 1.73. The highest BCUT2D eigenvalue weighted by Crippen LogP contribution is 2.31. The van der Waals surface area contributed by atoms with E-state index < -0.39 is 17.6 Å². The van der Waals surface area contributed by atoms with Gasteiger partial charge in [0, 0.05) is 30.8 Å². The molecule has 3 aromatic rings. The number of thioether (sulfide) groups is 1. The van der Waals surface area contributed by atoms with E-state index in [1.807, 2.05) is 0 Å². The molecule has 0 radical (unpaired) electrons. The molecular formula is C21H17F3N4O2S. The lowest BCUT2D eigenvalue weighted by molar-refractivity contribution is -0.137. The molecule has 0 saturated carbocycles. The van der Waals surface area contributed by atoms with Gasteiger partial charge in [-0.25, -0.2) is 9.97 Å². The average molecular weight is 446 g/mol. The zero-order chi connectivity index (χ0) is 22.4. The van der Waals surface area contributed by atoms with Gasteiger partial charge in [0.15, 0.2) is 0 Å². The van der Waals surface area contributed by atoms with E-state index in [1.54, 1.807) is 30.5 Å². The highest BCUT2D eigenvalue weighted by atomic mass is 32.2. The number of hydrogen-bond acceptors (Lipinski definition) is 5. The summed E-state index contributed by atoms with van der Waals surface area (Å²) in [5, 5.41) is 5.51. The summed E-state index contributed by atoms with van der Waals surface area (Å²) >= 11 is 1.28. The minimum Gasteiger partial charge on any atom is -0.322 e. The Labute approximate surface area is 180 Å². The number of carbonyl (C=O) groups is 2. The fourth-order valence-electron chi connectivity index (χ4n) is 2.61. The molecule has 1 aromatic carbocycles. The molecule has 0 unspecified atom stereocenters. The third kappa shape index (κ3) is 6.29. The van der Waals surface area contributed by atoms with Crippen molar-refractivity contribution in [1.29, 1.82) is 0 Å². The highest BCUT2D eigenvalue weighted by Gasteiger charge is 2.30. The van der Waals surface area contributed by atoms with Gasteiger partial charge in [-0.05, 0) is 48.0 Å². The first-order chi connectivity index (χ1) is 14.7. The summed E-state index contributed by atoms with van der Waals surface area (Å²) in [4.78, 5) is 32.1. The average Bonchev–Trinajstić information content (AvgIpc) is 2.72. The monoisotopic (exact) mass is 446 g/mol. The van der Waals surface area contributed by atoms with E-state index in [0.29, 0.717) is 16.6 Å². The normalized spacial score (nSPS) is 11.1. The van der Waals surface area contributed by atoms with Crippen LogP contribution >= 0.6 is 11.8 Å². The molecule has 2 N–H and O–H groups in total. The van der Waals surface area contributed by atoms with Crippen LogP contribution in [0.5, 0.6) is 0 Å². The lowest BCUT2D eigenvalue weighted by Gasteiger charge is -2.11. The van der Waals surface area contributed by atoms with Crippen molar-refractivity contribution in [3.63, 3.8) is 0 Å². The number of carbonyl (C=O) groups excluding carboxylic acids is 2. The Morgan fingerprint density at radius 2 is 1.81 bits per heavy atom. The van der Waals surface area contributed by atoms with Crippen molar-refractivity contribution < 1.29 is 22.8 Å². The lowest BCUT2D eigenvalue weighted by atomic mass is 10.2. The molecule has 0 aliphatic rings. The van der Waals surface area contributed by atoms with Crippen LogP contribution in [0, 0.1) is 0 Å². The SMILES string of the molecule is CC(=O)Nc1cc(CSc2ncccc2C(=O)Nc2cccc(C(F)(F)F)c2)ccn1. The second-order valence-electron chi connectivity index (χ2n) is 6.41. The van der Waals surface area contributed by atoms with Crippen LogP contribution in [0.1, 0.15) is 28.4 Å². The number of rotatable bonds is 6. The Kier molecular flexibility index (Phi) is 6.91. The Hall–Kier alpha value is -3.40. The minimum absolute atomic E-state index is 0.0358. The fraction of sp³-hybridized carbons (Fsp3) is 0.143. The van der Waals surface area contributed by atoms with E-state index in [2.05, 4.69) is 20.6 Å². The molecule has 160 valence electrons. The maximum absolute atomic E-state index is 12.9. The van der Waals surface area contributed by atoms with Gasteiger partial charge in [0.05, 0.1) is 11.1 Å². The van der Waals surface area contributed by atoms with Crippen molar-refractivity contribution in [1.82, 2.24) is 9.97 Å². The van der Waals surface area contributed by atoms with Gasteiger partial charge in [-0.3, -0.25) is 9.59 Å². The summed E-state index contributed by atoms with van der Waals surface area (Å²) in [6.45, 7) is 1.38. The summed E-state index contributed by atoms with van der Waals surface area (Å²) < 4.78 is 38.7. The summed E-state index contributed by atoms with van der Waals surface area (Å²) in [7, 11) is 0. The summed E-state index contributed by atoms with van der Waals surface area (Å²) in [5.41, 5.74) is 0.271. The van der Waals surface area contributed by atoms with Crippen LogP contribution in [0.25, 0.3) is 0 Å². The fourth-order valence-corrected chi connectivity index (χ4v) is 3.55. The van der Waals surface area contributed by atoms with E-state index in [0.717, 1.165) is 17.7 Å². The molecule has 0 spiro atoms. The highest BCUT2D eigenvalue weighted by molar-refractivity contribution is 7.98. The number of halogens is 3. The predicted molar refractivity (Wildman–Crippen MR) is 112 cm³/mol. The summed E-state index contributed by atoms with van der Waals surface area (Å²) in [5.74, 6) is 0.0453. The van der Waals surface area contributed by atoms with Gasteiger partial charge in [-0.2, -0.15) is 13.2 Å². The van der Waals surface area contributed by atoms with Gasteiger partial charge < -0.3 is 10.6 Å². The van der Waals surface area contributed by atoms with Crippen LogP contribution < -0.4 is 10.6 Å². The first-order valence-corrected chi connectivity index (χ1v) is 10.00. The predicted octanol–water partition coefficient (Wildman–Crippen LogP) is 5.00. The maximum atomic E-state index is 12.9. The Morgan fingerprint density at radius 3 is 2.55 bits per heavy atom. The van der Waals surface area contributed by atoms with Crippen molar-refractivity contribution in [2.45, 2.75) is 23.9 Å². The first-order valence-electron chi connectivity index (χ1n) is 9.01. The van der Waals surface area contributed by atoms with Crippen LogP contribution in [0.2, 0.25) is 0 Å². The van der Waals surface area contributed by atoms with Crippen molar-refractivity contribution in [3.05, 3.63) is 77.6 Å². The molecule has 0 saturated heterocycles. The molecule has 2 amide bonds. The van der Waals surface area contributed by atoms with Crippen LogP contribution in [0.4, 0.5) is 24.7 Å². The van der Waals surface area contributed by atoms with E-state index >= 15 is 0 Å². The smallest absolute Gasteiger partial charge is 0.322 e. The lowest BCUT2D eigenvalue weighted by Crippen LogP contribution is -2.14. The first kappa shape index (κ1) is 22.3. The van der Waals surface area contributed by atoms with E-state index in [1.165, 1.54) is 37.0 Å². The number of nitrogens with zero attached hydrogens (tertiary/aromatic N) is 2. The van der Waals surface area contributed by atoms with Gasteiger partial charge in [0.2, 0.25) is 5.91 Å². The van der Waals surface area contributed by atoms with E-state index in [9.17, 15) is 22.8 Å². The van der Waals surface area contributed by atoms with Crippen molar-refractivity contribution in [3.8, 4) is 0 Å². The van der Waals surface area contributed by atoms with E-state index in [4.69, 9.17) is 0 Å². The van der Waals surface area contributed by atoms with Crippen LogP contribution in [-0.4, -0.2) is 21.8 Å². The zero-order valence-electron chi connectivity index (χ0n) is 16.2. The third-order valence-electron chi connectivity index (χ3n) is 3.97. The Bertz CT molecular complexity index is 1110. The van der Waals surface area contributed by atoms with Crippen molar-refractivity contribution in [2.24, 2.45) is 0 Å². The van der Waals surface area contributed by atoms with Crippen LogP contribution in [-0.2, 0) is 16.7 Å². The zero-order valence-corrected chi connectivity index (χ0v) is 17.1. The molecule has 2 heterocycles. The molecule has 2 aromatic heterocycles. The number of aromatic nitrogens is 2. The van der Waals surface area contributed by atoms with Gasteiger partial charge in [-0.15, -0.1) is 11.8 Å². The Morgan fingerprint density at radius 1 is 1.00 bits per heavy atom. The van der Waals surface area contributed by atoms with Gasteiger partial charge in [0.25, 0.3) is 5.91 Å². The summed E-state index contributed by atoms with van der Waals surface area (Å²) in [6.07, 6.45) is -1.42. The van der Waals surface area contributed by atoms with Gasteiger partial charge >= 0.3 is 6.18 Å². The van der Waals surface area contributed by atoms with Crippen LogP contribution in [0.15, 0.2) is 66.0 Å². The molecule has 3 rings (SSSR count). The van der Waals surface area contributed by atoms with Crippen LogP contribution in [0.3, 0.4) is 0 Å². The topological polar surface area (TPSA) is 84.0 Å². The second kappa shape index (κ2) is 9.61. The number of hydrogen-bond donors (Lipinski definition) is 2. The largest absolute Gasteiger partial charge is 0.416 e. The number of alkyl halides is 3.